The number of pyridine rings is 2. The van der Waals surface area contributed by atoms with Crippen molar-refractivity contribution in [2.75, 3.05) is 31.0 Å². The van der Waals surface area contributed by atoms with Gasteiger partial charge >= 0.3 is 6.09 Å². The molecule has 182 valence electrons. The van der Waals surface area contributed by atoms with Crippen LogP contribution < -0.4 is 15.0 Å². The van der Waals surface area contributed by atoms with Gasteiger partial charge in [-0.25, -0.2) is 14.2 Å². The number of amides is 2. The number of rotatable bonds is 6. The molecule has 0 saturated heterocycles. The molecule has 0 aliphatic heterocycles. The largest absolute Gasteiger partial charge is 0.494 e. The van der Waals surface area contributed by atoms with Crippen LogP contribution in [-0.4, -0.2) is 42.7 Å². The molecule has 0 bridgehead atoms. The van der Waals surface area contributed by atoms with Crippen molar-refractivity contribution in [2.45, 2.75) is 6.92 Å². The van der Waals surface area contributed by atoms with Crippen molar-refractivity contribution in [3.63, 3.8) is 0 Å². The van der Waals surface area contributed by atoms with Crippen LogP contribution in [0.4, 0.5) is 20.7 Å². The van der Waals surface area contributed by atoms with Gasteiger partial charge in [0.25, 0.3) is 5.91 Å². The van der Waals surface area contributed by atoms with Crippen LogP contribution in [0.1, 0.15) is 15.4 Å². The van der Waals surface area contributed by atoms with Crippen molar-refractivity contribution < 1.29 is 23.5 Å². The third kappa shape index (κ3) is 4.80. The second kappa shape index (κ2) is 10.4. The van der Waals surface area contributed by atoms with E-state index in [0.717, 1.165) is 26.9 Å². The van der Waals surface area contributed by atoms with Gasteiger partial charge in [-0.05, 0) is 37.3 Å². The fourth-order valence-electron chi connectivity index (χ4n) is 3.57. The first kappa shape index (κ1) is 24.6. The Kier molecular flexibility index (Phi) is 7.07. The normalized spacial score (nSPS) is 10.5. The average molecular weight is 506 g/mol. The minimum absolute atomic E-state index is 0.0282. The lowest BCUT2D eigenvalue weighted by atomic mass is 10.1. The first-order valence-electron chi connectivity index (χ1n) is 10.6. The van der Waals surface area contributed by atoms with Crippen molar-refractivity contribution in [2.24, 2.45) is 0 Å². The highest BCUT2D eigenvalue weighted by atomic mass is 32.1. The van der Waals surface area contributed by atoms with Gasteiger partial charge in [0.2, 0.25) is 0 Å². The van der Waals surface area contributed by atoms with Crippen LogP contribution in [0, 0.1) is 24.1 Å². The molecule has 9 nitrogen and oxygen atoms in total. The van der Waals surface area contributed by atoms with E-state index in [1.165, 1.54) is 48.7 Å². The number of nitrogens with one attached hydrogen (secondary N) is 1. The molecule has 36 heavy (non-hydrogen) atoms. The number of carbonyl (C=O) groups excluding carboxylic acids is 2. The molecular weight excluding hydrogens is 485 g/mol. The fourth-order valence-corrected chi connectivity index (χ4v) is 4.64. The van der Waals surface area contributed by atoms with E-state index in [4.69, 9.17) is 4.74 Å². The van der Waals surface area contributed by atoms with Gasteiger partial charge in [0.15, 0.2) is 11.6 Å². The predicted molar refractivity (Wildman–Crippen MR) is 134 cm³/mol. The molecule has 11 heteroatoms. The Hall–Kier alpha value is -4.56. The lowest BCUT2D eigenvalue weighted by molar-refractivity contribution is 0.0994. The number of anilines is 2. The number of aryl methyl sites for hydroxylation is 1. The van der Waals surface area contributed by atoms with Crippen LogP contribution >= 0.6 is 11.3 Å². The third-order valence-corrected chi connectivity index (χ3v) is 6.59. The van der Waals surface area contributed by atoms with Crippen molar-refractivity contribution in [1.29, 1.82) is 5.26 Å². The first-order valence-corrected chi connectivity index (χ1v) is 11.4. The summed E-state index contributed by atoms with van der Waals surface area (Å²) in [5, 5.41) is 12.6. The molecule has 0 radical (unpaired) electrons. The molecule has 0 aliphatic rings. The highest BCUT2D eigenvalue weighted by molar-refractivity contribution is 7.21. The zero-order valence-electron chi connectivity index (χ0n) is 19.5. The van der Waals surface area contributed by atoms with Crippen LogP contribution in [0.3, 0.4) is 0 Å². The van der Waals surface area contributed by atoms with Crippen LogP contribution in [0.25, 0.3) is 21.2 Å². The number of carbonyl (C=O) groups is 2. The number of aromatic nitrogens is 2. The van der Waals surface area contributed by atoms with Gasteiger partial charge in [-0.15, -0.1) is 11.3 Å². The first-order chi connectivity index (χ1) is 17.4. The molecule has 4 aromatic rings. The number of nitriles is 1. The summed E-state index contributed by atoms with van der Waals surface area (Å²) >= 11 is 1.25. The Morgan fingerprint density at radius 1 is 1.17 bits per heavy atom. The molecule has 3 aromatic heterocycles. The van der Waals surface area contributed by atoms with Crippen LogP contribution in [0.2, 0.25) is 0 Å². The molecule has 0 fully saturated rings. The lowest BCUT2D eigenvalue weighted by Crippen LogP contribution is -2.30. The maximum atomic E-state index is 13.9. The van der Waals surface area contributed by atoms with E-state index in [-0.39, 0.29) is 12.3 Å². The number of halogens is 1. The summed E-state index contributed by atoms with van der Waals surface area (Å²) in [5.74, 6) is -0.683. The number of fused-ring (bicyclic) bond motifs is 1. The monoisotopic (exact) mass is 505 g/mol. The van der Waals surface area contributed by atoms with E-state index in [9.17, 15) is 19.2 Å². The number of hydrogen-bond donors (Lipinski definition) is 1. The second-order valence-corrected chi connectivity index (χ2v) is 8.58. The Labute approximate surface area is 209 Å². The molecule has 0 unspecified atom stereocenters. The van der Waals surface area contributed by atoms with Crippen molar-refractivity contribution >= 4 is 44.9 Å². The van der Waals surface area contributed by atoms with Crippen molar-refractivity contribution in [1.82, 2.24) is 9.97 Å². The van der Waals surface area contributed by atoms with E-state index in [2.05, 4.69) is 20.0 Å². The molecular formula is C25H20FN5O4S. The quantitative estimate of drug-likeness (QED) is 0.360. The maximum absolute atomic E-state index is 13.9. The fraction of sp³-hybridized carbons (Fsp3) is 0.160. The minimum atomic E-state index is -0.628. The summed E-state index contributed by atoms with van der Waals surface area (Å²) in [6.07, 6.45) is 2.65. The van der Waals surface area contributed by atoms with E-state index in [1.54, 1.807) is 30.6 Å². The Balaban J connectivity index is 1.73. The van der Waals surface area contributed by atoms with Gasteiger partial charge in [-0.1, -0.05) is 0 Å². The molecule has 3 heterocycles. The highest BCUT2D eigenvalue weighted by Crippen LogP contribution is 2.36. The summed E-state index contributed by atoms with van der Waals surface area (Å²) in [7, 11) is 2.59. The number of hydrogen-bond acceptors (Lipinski definition) is 8. The predicted octanol–water partition coefficient (Wildman–Crippen LogP) is 5.16. The number of methoxy groups -OCH3 is 2. The molecule has 4 rings (SSSR count). The van der Waals surface area contributed by atoms with Crippen molar-refractivity contribution in [3.8, 4) is 22.9 Å². The third-order valence-electron chi connectivity index (χ3n) is 5.36. The van der Waals surface area contributed by atoms with Gasteiger partial charge in [0, 0.05) is 40.7 Å². The second-order valence-electron chi connectivity index (χ2n) is 7.53. The van der Waals surface area contributed by atoms with E-state index >= 15 is 0 Å². The van der Waals surface area contributed by atoms with Crippen LogP contribution in [0.15, 0.2) is 48.8 Å². The summed E-state index contributed by atoms with van der Waals surface area (Å²) in [5.41, 5.74) is 2.56. The van der Waals surface area contributed by atoms with E-state index < -0.39 is 17.8 Å². The Morgan fingerprint density at radius 2 is 1.97 bits per heavy atom. The van der Waals surface area contributed by atoms with E-state index in [0.29, 0.717) is 16.4 Å². The van der Waals surface area contributed by atoms with Gasteiger partial charge in [-0.2, -0.15) is 5.26 Å². The Morgan fingerprint density at radius 3 is 2.64 bits per heavy atom. The summed E-state index contributed by atoms with van der Waals surface area (Å²) in [6, 6.07) is 11.1. The number of nitrogens with zero attached hydrogens (tertiary/aromatic N) is 4. The molecule has 0 aliphatic carbocycles. The van der Waals surface area contributed by atoms with Crippen LogP contribution in [0.5, 0.6) is 5.75 Å². The summed E-state index contributed by atoms with van der Waals surface area (Å²) in [6.45, 7) is 1.61. The minimum Gasteiger partial charge on any atom is -0.494 e. The average Bonchev–Trinajstić information content (AvgIpc) is 3.35. The smallest absolute Gasteiger partial charge is 0.412 e. The number of ether oxygens (including phenoxy) is 2. The number of benzene rings is 1. The van der Waals surface area contributed by atoms with Gasteiger partial charge in [0.1, 0.15) is 12.4 Å². The topological polar surface area (TPSA) is 117 Å². The molecule has 0 saturated carbocycles. The number of thiophene rings is 1. The van der Waals surface area contributed by atoms with E-state index in [1.807, 2.05) is 13.0 Å². The van der Waals surface area contributed by atoms with Gasteiger partial charge in [-0.3, -0.25) is 20.0 Å². The van der Waals surface area contributed by atoms with Crippen LogP contribution in [-0.2, 0) is 4.74 Å². The molecule has 2 amide bonds. The SMILES string of the molecule is COC(=O)Nc1ccc(-c2cnc(C)c3sc(C(=O)N(CC#N)c4ccc(F)c(OC)c4)cc23)cn1. The van der Waals surface area contributed by atoms with Gasteiger partial charge in [0.05, 0.1) is 35.6 Å². The molecule has 0 atom stereocenters. The molecule has 0 spiro atoms. The summed E-state index contributed by atoms with van der Waals surface area (Å²) < 4.78 is 24.3. The maximum Gasteiger partial charge on any atom is 0.412 e. The molecule has 1 aromatic carbocycles. The summed E-state index contributed by atoms with van der Waals surface area (Å²) in [4.78, 5) is 35.3. The van der Waals surface area contributed by atoms with Crippen molar-refractivity contribution in [3.05, 3.63) is 65.2 Å². The zero-order valence-corrected chi connectivity index (χ0v) is 20.4. The highest BCUT2D eigenvalue weighted by Gasteiger charge is 2.23. The zero-order chi connectivity index (χ0) is 25.8. The Bertz CT molecular complexity index is 1500. The van der Waals surface area contributed by atoms with Gasteiger partial charge < -0.3 is 9.47 Å². The lowest BCUT2D eigenvalue weighted by Gasteiger charge is -2.19. The molecule has 1 N–H and O–H groups in total. The standard InChI is InChI=1S/C25H20FN5O4S/c1-14-23-17(18(13-28-14)15-4-7-22(29-12-15)30-25(33)35-3)11-21(36-23)24(32)31(9-8-27)16-5-6-19(26)20(10-16)34-2/h4-7,10-13H,9H2,1-3H3,(H,29,30,33).